The summed E-state index contributed by atoms with van der Waals surface area (Å²) in [5.41, 5.74) is 2.09. The van der Waals surface area contributed by atoms with Crippen LogP contribution in [0.5, 0.6) is 0 Å². The summed E-state index contributed by atoms with van der Waals surface area (Å²) in [5, 5.41) is 2.12. The highest BCUT2D eigenvalue weighted by molar-refractivity contribution is 7.10. The predicted octanol–water partition coefficient (Wildman–Crippen LogP) is 4.27. The number of imidazole rings is 1. The molecule has 1 atom stereocenters. The van der Waals surface area contributed by atoms with Crippen LogP contribution in [0.3, 0.4) is 0 Å². The van der Waals surface area contributed by atoms with Gasteiger partial charge in [0, 0.05) is 23.4 Å². The Kier molecular flexibility index (Phi) is 4.03. The van der Waals surface area contributed by atoms with Crippen LogP contribution in [0.1, 0.15) is 30.1 Å². The van der Waals surface area contributed by atoms with Crippen molar-refractivity contribution in [2.75, 3.05) is 5.88 Å². The van der Waals surface area contributed by atoms with E-state index >= 15 is 0 Å². The maximum Gasteiger partial charge on any atom is 0.111 e. The number of hydrogen-bond donors (Lipinski definition) is 0. The molecule has 104 valence electrons. The number of aromatic nitrogens is 3. The zero-order chi connectivity index (χ0) is 13.9. The molecule has 3 heterocycles. The lowest BCUT2D eigenvalue weighted by Crippen LogP contribution is -2.12. The van der Waals surface area contributed by atoms with Gasteiger partial charge in [-0.25, -0.2) is 4.98 Å². The quantitative estimate of drug-likeness (QED) is 0.659. The standard InChI is InChI=1S/C15H16ClN3S/c1-2-12(14-4-3-9-20-14)19-13-6-8-17-10-11(13)18-15(19)5-7-16/h3-4,6,8-10,12H,2,5,7H2,1H3. The summed E-state index contributed by atoms with van der Waals surface area (Å²) in [6.45, 7) is 2.21. The van der Waals surface area contributed by atoms with Gasteiger partial charge in [0.05, 0.1) is 17.8 Å². The number of nitrogens with zero attached hydrogens (tertiary/aromatic N) is 3. The van der Waals surface area contributed by atoms with Crippen molar-refractivity contribution in [2.45, 2.75) is 25.8 Å². The van der Waals surface area contributed by atoms with E-state index < -0.39 is 0 Å². The second-order valence-electron chi connectivity index (χ2n) is 4.64. The minimum Gasteiger partial charge on any atom is -0.319 e. The second kappa shape index (κ2) is 5.94. The maximum atomic E-state index is 5.94. The van der Waals surface area contributed by atoms with Crippen molar-refractivity contribution in [3.05, 3.63) is 46.7 Å². The highest BCUT2D eigenvalue weighted by atomic mass is 35.5. The van der Waals surface area contributed by atoms with Crippen LogP contribution in [0.4, 0.5) is 0 Å². The lowest BCUT2D eigenvalue weighted by atomic mass is 10.1. The van der Waals surface area contributed by atoms with Gasteiger partial charge in [-0.2, -0.15) is 0 Å². The molecule has 0 aromatic carbocycles. The Bertz CT molecular complexity index is 690. The first kappa shape index (κ1) is 13.6. The molecule has 0 saturated heterocycles. The van der Waals surface area contributed by atoms with Crippen LogP contribution < -0.4 is 0 Å². The van der Waals surface area contributed by atoms with Gasteiger partial charge >= 0.3 is 0 Å². The first-order chi connectivity index (χ1) is 9.85. The van der Waals surface area contributed by atoms with E-state index in [1.807, 2.05) is 18.5 Å². The van der Waals surface area contributed by atoms with Gasteiger partial charge in [0.15, 0.2) is 0 Å². The van der Waals surface area contributed by atoms with Crippen LogP contribution in [0.2, 0.25) is 0 Å². The molecule has 0 aliphatic rings. The normalized spacial score (nSPS) is 12.9. The fourth-order valence-corrected chi connectivity index (χ4v) is 3.67. The lowest BCUT2D eigenvalue weighted by Gasteiger charge is -2.19. The Morgan fingerprint density at radius 3 is 3.00 bits per heavy atom. The summed E-state index contributed by atoms with van der Waals surface area (Å²) in [7, 11) is 0. The molecular formula is C15H16ClN3S. The van der Waals surface area contributed by atoms with Crippen LogP contribution in [-0.4, -0.2) is 20.4 Å². The van der Waals surface area contributed by atoms with E-state index in [0.717, 1.165) is 29.7 Å². The van der Waals surface area contributed by atoms with Gasteiger partial charge in [0.2, 0.25) is 0 Å². The van der Waals surface area contributed by atoms with Gasteiger partial charge in [0.1, 0.15) is 11.3 Å². The first-order valence-electron chi connectivity index (χ1n) is 6.75. The van der Waals surface area contributed by atoms with Crippen LogP contribution in [0.15, 0.2) is 36.0 Å². The SMILES string of the molecule is CCC(c1cccs1)n1c(CCCl)nc2cnccc21. The molecule has 1 unspecified atom stereocenters. The average molecular weight is 306 g/mol. The van der Waals surface area contributed by atoms with E-state index in [9.17, 15) is 0 Å². The third-order valence-electron chi connectivity index (χ3n) is 3.45. The Morgan fingerprint density at radius 2 is 2.30 bits per heavy atom. The van der Waals surface area contributed by atoms with Crippen LogP contribution >= 0.6 is 22.9 Å². The largest absolute Gasteiger partial charge is 0.319 e. The van der Waals surface area contributed by atoms with Crippen molar-refractivity contribution in [1.82, 2.24) is 14.5 Å². The van der Waals surface area contributed by atoms with Crippen molar-refractivity contribution in [3.63, 3.8) is 0 Å². The molecule has 0 aliphatic heterocycles. The Balaban J connectivity index is 2.19. The zero-order valence-corrected chi connectivity index (χ0v) is 12.9. The van der Waals surface area contributed by atoms with Gasteiger partial charge in [-0.15, -0.1) is 22.9 Å². The summed E-state index contributed by atoms with van der Waals surface area (Å²) < 4.78 is 2.32. The number of alkyl halides is 1. The van der Waals surface area contributed by atoms with E-state index in [2.05, 4.69) is 34.0 Å². The number of halogens is 1. The highest BCUT2D eigenvalue weighted by Gasteiger charge is 2.19. The molecule has 0 bridgehead atoms. The van der Waals surface area contributed by atoms with E-state index in [1.54, 1.807) is 11.3 Å². The highest BCUT2D eigenvalue weighted by Crippen LogP contribution is 2.31. The summed E-state index contributed by atoms with van der Waals surface area (Å²) in [6.07, 6.45) is 5.46. The van der Waals surface area contributed by atoms with Crippen LogP contribution in [-0.2, 0) is 6.42 Å². The van der Waals surface area contributed by atoms with Crippen LogP contribution in [0.25, 0.3) is 11.0 Å². The van der Waals surface area contributed by atoms with E-state index in [0.29, 0.717) is 11.9 Å². The minimum absolute atomic E-state index is 0.320. The molecule has 0 N–H and O–H groups in total. The average Bonchev–Trinajstić information content (AvgIpc) is 3.09. The molecule has 0 fully saturated rings. The molecule has 3 rings (SSSR count). The monoisotopic (exact) mass is 305 g/mol. The smallest absolute Gasteiger partial charge is 0.111 e. The Hall–Kier alpha value is -1.39. The summed E-state index contributed by atoms with van der Waals surface area (Å²) >= 11 is 7.73. The molecule has 20 heavy (non-hydrogen) atoms. The van der Waals surface area contributed by atoms with Gasteiger partial charge in [-0.1, -0.05) is 13.0 Å². The number of pyridine rings is 1. The molecule has 3 nitrogen and oxygen atoms in total. The van der Waals surface area contributed by atoms with Crippen molar-refractivity contribution >= 4 is 34.0 Å². The number of rotatable bonds is 5. The molecule has 0 radical (unpaired) electrons. The second-order valence-corrected chi connectivity index (χ2v) is 6.00. The molecule has 0 amide bonds. The minimum atomic E-state index is 0.320. The Labute approximate surface area is 127 Å². The fraction of sp³-hybridized carbons (Fsp3) is 0.333. The molecule has 3 aromatic rings. The molecule has 3 aromatic heterocycles. The third-order valence-corrected chi connectivity index (χ3v) is 4.62. The van der Waals surface area contributed by atoms with Crippen molar-refractivity contribution in [2.24, 2.45) is 0 Å². The topological polar surface area (TPSA) is 30.7 Å². The summed E-state index contributed by atoms with van der Waals surface area (Å²) in [5.74, 6) is 1.63. The van der Waals surface area contributed by atoms with Gasteiger partial charge in [-0.3, -0.25) is 4.98 Å². The first-order valence-corrected chi connectivity index (χ1v) is 8.16. The number of fused-ring (bicyclic) bond motifs is 1. The van der Waals surface area contributed by atoms with E-state index in [4.69, 9.17) is 16.6 Å². The third kappa shape index (κ3) is 2.34. The fourth-order valence-electron chi connectivity index (χ4n) is 2.60. The summed E-state index contributed by atoms with van der Waals surface area (Å²) in [4.78, 5) is 10.2. The summed E-state index contributed by atoms with van der Waals surface area (Å²) in [6, 6.07) is 6.65. The van der Waals surface area contributed by atoms with E-state index in [1.165, 1.54) is 4.88 Å². The number of aryl methyl sites for hydroxylation is 1. The van der Waals surface area contributed by atoms with Crippen molar-refractivity contribution < 1.29 is 0 Å². The number of hydrogen-bond acceptors (Lipinski definition) is 3. The molecule has 0 aliphatic carbocycles. The molecule has 5 heteroatoms. The van der Waals surface area contributed by atoms with Gasteiger partial charge in [-0.05, 0) is 23.9 Å². The predicted molar refractivity (Wildman–Crippen MR) is 84.7 cm³/mol. The van der Waals surface area contributed by atoms with E-state index in [-0.39, 0.29) is 0 Å². The maximum absolute atomic E-state index is 5.94. The zero-order valence-electron chi connectivity index (χ0n) is 11.3. The molecule has 0 spiro atoms. The number of thiophene rings is 1. The van der Waals surface area contributed by atoms with Crippen molar-refractivity contribution in [3.8, 4) is 0 Å². The molecule has 0 saturated carbocycles. The van der Waals surface area contributed by atoms with Crippen LogP contribution in [0, 0.1) is 0 Å². The van der Waals surface area contributed by atoms with Gasteiger partial charge < -0.3 is 4.57 Å². The van der Waals surface area contributed by atoms with Crippen molar-refractivity contribution in [1.29, 1.82) is 0 Å². The lowest BCUT2D eigenvalue weighted by molar-refractivity contribution is 0.567. The van der Waals surface area contributed by atoms with Gasteiger partial charge in [0.25, 0.3) is 0 Å². The molecular weight excluding hydrogens is 290 g/mol. The Morgan fingerprint density at radius 1 is 1.40 bits per heavy atom.